The molecule has 0 atom stereocenters. The highest BCUT2D eigenvalue weighted by molar-refractivity contribution is 7.88. The number of amides is 1. The molecule has 0 aliphatic carbocycles. The Labute approximate surface area is 152 Å². The van der Waals surface area contributed by atoms with Gasteiger partial charge in [0.25, 0.3) is 5.91 Å². The summed E-state index contributed by atoms with van der Waals surface area (Å²) in [6.45, 7) is -0.187. The van der Waals surface area contributed by atoms with Gasteiger partial charge in [0.1, 0.15) is 5.82 Å². The number of hydrazone groups is 1. The zero-order valence-corrected chi connectivity index (χ0v) is 15.1. The molecule has 8 heteroatoms. The third-order valence-corrected chi connectivity index (χ3v) is 4.83. The molecule has 6 nitrogen and oxygen atoms in total. The zero-order chi connectivity index (χ0) is 19.0. The number of carbonyl (C=O) groups is 1. The maximum Gasteiger partial charge on any atom is 0.255 e. The number of sulfonamides is 1. The first-order chi connectivity index (χ1) is 12.4. The van der Waals surface area contributed by atoms with E-state index in [2.05, 4.69) is 10.5 Å². The van der Waals surface area contributed by atoms with Gasteiger partial charge in [0, 0.05) is 12.1 Å². The first-order valence-corrected chi connectivity index (χ1v) is 9.76. The Morgan fingerprint density at radius 3 is 2.46 bits per heavy atom. The highest BCUT2D eigenvalue weighted by Crippen LogP contribution is 2.05. The van der Waals surface area contributed by atoms with E-state index in [1.807, 2.05) is 30.3 Å². The first kappa shape index (κ1) is 19.7. The number of benzene rings is 2. The number of halogens is 1. The van der Waals surface area contributed by atoms with Crippen molar-refractivity contribution >= 4 is 22.1 Å². The number of rotatable bonds is 8. The largest absolute Gasteiger partial charge is 0.272 e. The van der Waals surface area contributed by atoms with Gasteiger partial charge in [-0.05, 0) is 18.1 Å². The second kappa shape index (κ2) is 9.21. The molecule has 2 rings (SSSR count). The van der Waals surface area contributed by atoms with E-state index >= 15 is 0 Å². The fourth-order valence-electron chi connectivity index (χ4n) is 2.21. The molecule has 0 heterocycles. The van der Waals surface area contributed by atoms with Crippen molar-refractivity contribution in [3.8, 4) is 0 Å². The Balaban J connectivity index is 1.93. The molecule has 0 spiro atoms. The fourth-order valence-corrected chi connectivity index (χ4v) is 2.98. The molecular weight excluding hydrogens is 357 g/mol. The average molecular weight is 377 g/mol. The van der Waals surface area contributed by atoms with Gasteiger partial charge >= 0.3 is 0 Å². The highest BCUT2D eigenvalue weighted by atomic mass is 32.2. The lowest BCUT2D eigenvalue weighted by atomic mass is 10.1. The van der Waals surface area contributed by atoms with Crippen molar-refractivity contribution in [1.82, 2.24) is 9.73 Å². The van der Waals surface area contributed by atoms with E-state index in [1.165, 1.54) is 18.3 Å². The number of hydrogen-bond acceptors (Lipinski definition) is 4. The lowest BCUT2D eigenvalue weighted by Crippen LogP contribution is -2.40. The molecular formula is C18H20FN3O3S. The molecule has 2 aromatic rings. The molecule has 138 valence electrons. The Morgan fingerprint density at radius 1 is 1.15 bits per heavy atom. The number of nitrogens with one attached hydrogen (secondary N) is 1. The smallest absolute Gasteiger partial charge is 0.255 e. The summed E-state index contributed by atoms with van der Waals surface area (Å²) >= 11 is 0. The van der Waals surface area contributed by atoms with Crippen LogP contribution in [0.3, 0.4) is 0 Å². The van der Waals surface area contributed by atoms with Crippen molar-refractivity contribution in [2.75, 3.05) is 19.3 Å². The molecule has 0 saturated heterocycles. The molecule has 1 amide bonds. The van der Waals surface area contributed by atoms with Crippen molar-refractivity contribution < 1.29 is 17.6 Å². The lowest BCUT2D eigenvalue weighted by molar-refractivity contribution is -0.121. The molecule has 0 unspecified atom stereocenters. The number of nitrogens with zero attached hydrogens (tertiary/aromatic N) is 2. The van der Waals surface area contributed by atoms with Crippen molar-refractivity contribution in [2.45, 2.75) is 6.42 Å². The molecule has 0 fully saturated rings. The third kappa shape index (κ3) is 6.38. The van der Waals surface area contributed by atoms with Crippen LogP contribution in [0.1, 0.15) is 11.1 Å². The minimum Gasteiger partial charge on any atom is -0.272 e. The van der Waals surface area contributed by atoms with Crippen LogP contribution in [0.15, 0.2) is 59.7 Å². The Hall–Kier alpha value is -2.58. The monoisotopic (exact) mass is 377 g/mol. The van der Waals surface area contributed by atoms with E-state index in [9.17, 15) is 17.6 Å². The van der Waals surface area contributed by atoms with Crippen LogP contribution in [0.4, 0.5) is 4.39 Å². The summed E-state index contributed by atoms with van der Waals surface area (Å²) in [5.74, 6) is -1.07. The summed E-state index contributed by atoms with van der Waals surface area (Å²) < 4.78 is 38.3. The van der Waals surface area contributed by atoms with Crippen LogP contribution in [0.2, 0.25) is 0 Å². The van der Waals surface area contributed by atoms with Gasteiger partial charge in [0.05, 0.1) is 19.0 Å². The van der Waals surface area contributed by atoms with Crippen LogP contribution in [0, 0.1) is 5.82 Å². The summed E-state index contributed by atoms with van der Waals surface area (Å²) in [5, 5.41) is 3.67. The zero-order valence-electron chi connectivity index (χ0n) is 14.3. The number of carbonyl (C=O) groups excluding carboxylic acids is 1. The maximum absolute atomic E-state index is 13.5. The van der Waals surface area contributed by atoms with E-state index in [0.29, 0.717) is 6.42 Å². The van der Waals surface area contributed by atoms with E-state index in [1.54, 1.807) is 12.1 Å². The van der Waals surface area contributed by atoms with Gasteiger partial charge in [0.2, 0.25) is 10.0 Å². The first-order valence-electron chi connectivity index (χ1n) is 7.92. The molecule has 0 aliphatic heterocycles. The van der Waals surface area contributed by atoms with Crippen LogP contribution in [0.5, 0.6) is 0 Å². The van der Waals surface area contributed by atoms with E-state index < -0.39 is 21.7 Å². The van der Waals surface area contributed by atoms with Gasteiger partial charge in [-0.15, -0.1) is 0 Å². The Kier molecular flexibility index (Phi) is 6.99. The average Bonchev–Trinajstić information content (AvgIpc) is 2.60. The van der Waals surface area contributed by atoms with Crippen molar-refractivity contribution in [3.05, 3.63) is 71.5 Å². The molecule has 1 N–H and O–H groups in total. The standard InChI is InChI=1S/C18H20FN3O3S/c1-26(24,25)22(12-11-15-7-3-2-4-8-15)14-18(23)21-20-13-16-9-5-6-10-17(16)19/h2-10,13H,11-12,14H2,1H3,(H,21,23)/b20-13+. The van der Waals surface area contributed by atoms with Crippen molar-refractivity contribution in [1.29, 1.82) is 0 Å². The Bertz CT molecular complexity index is 870. The predicted octanol–water partition coefficient (Wildman–Crippen LogP) is 1.78. The summed E-state index contributed by atoms with van der Waals surface area (Å²) in [6, 6.07) is 15.3. The highest BCUT2D eigenvalue weighted by Gasteiger charge is 2.19. The van der Waals surface area contributed by atoms with Crippen LogP contribution in [-0.2, 0) is 21.2 Å². The molecule has 2 aromatic carbocycles. The van der Waals surface area contributed by atoms with Gasteiger partial charge in [-0.2, -0.15) is 9.41 Å². The lowest BCUT2D eigenvalue weighted by Gasteiger charge is -2.18. The quantitative estimate of drug-likeness (QED) is 0.563. The molecule has 26 heavy (non-hydrogen) atoms. The summed E-state index contributed by atoms with van der Waals surface area (Å²) in [7, 11) is -3.55. The van der Waals surface area contributed by atoms with Gasteiger partial charge in [-0.1, -0.05) is 48.5 Å². The van der Waals surface area contributed by atoms with Crippen molar-refractivity contribution in [3.63, 3.8) is 0 Å². The molecule has 0 radical (unpaired) electrons. The number of hydrogen-bond donors (Lipinski definition) is 1. The van der Waals surface area contributed by atoms with Gasteiger partial charge < -0.3 is 0 Å². The third-order valence-electron chi connectivity index (χ3n) is 3.58. The normalized spacial score (nSPS) is 11.8. The van der Waals surface area contributed by atoms with Gasteiger partial charge in [-0.25, -0.2) is 18.2 Å². The Morgan fingerprint density at radius 2 is 1.81 bits per heavy atom. The second-order valence-electron chi connectivity index (χ2n) is 5.65. The van der Waals surface area contributed by atoms with Gasteiger partial charge in [-0.3, -0.25) is 4.79 Å². The summed E-state index contributed by atoms with van der Waals surface area (Å²) in [6.07, 6.45) is 2.70. The minimum absolute atomic E-state index is 0.174. The molecule has 0 aromatic heterocycles. The summed E-state index contributed by atoms with van der Waals surface area (Å²) in [5.41, 5.74) is 3.41. The minimum atomic E-state index is -3.55. The van der Waals surface area contributed by atoms with Crippen LogP contribution >= 0.6 is 0 Å². The SMILES string of the molecule is CS(=O)(=O)N(CCc1ccccc1)CC(=O)N/N=C/c1ccccc1F. The summed E-state index contributed by atoms with van der Waals surface area (Å²) in [4.78, 5) is 12.0. The topological polar surface area (TPSA) is 78.8 Å². The second-order valence-corrected chi connectivity index (χ2v) is 7.63. The van der Waals surface area contributed by atoms with Crippen LogP contribution in [0.25, 0.3) is 0 Å². The van der Waals surface area contributed by atoms with E-state index in [-0.39, 0.29) is 18.7 Å². The van der Waals surface area contributed by atoms with Crippen LogP contribution < -0.4 is 5.43 Å². The molecule has 0 aliphatic rings. The van der Waals surface area contributed by atoms with E-state index in [4.69, 9.17) is 0 Å². The maximum atomic E-state index is 13.5. The molecule has 0 saturated carbocycles. The van der Waals surface area contributed by atoms with E-state index in [0.717, 1.165) is 16.1 Å². The van der Waals surface area contributed by atoms with Crippen molar-refractivity contribution in [2.24, 2.45) is 5.10 Å². The van der Waals surface area contributed by atoms with Gasteiger partial charge in [0.15, 0.2) is 0 Å². The fraction of sp³-hybridized carbons (Fsp3) is 0.222. The predicted molar refractivity (Wildman–Crippen MR) is 98.7 cm³/mol. The van der Waals surface area contributed by atoms with Crippen LogP contribution in [-0.4, -0.2) is 44.2 Å². The molecule has 0 bridgehead atoms.